The van der Waals surface area contributed by atoms with E-state index in [4.69, 9.17) is 0 Å². The van der Waals surface area contributed by atoms with Gasteiger partial charge < -0.3 is 4.98 Å². The lowest BCUT2D eigenvalue weighted by Gasteiger charge is -2.33. The van der Waals surface area contributed by atoms with Crippen molar-refractivity contribution in [3.05, 3.63) is 112 Å². The Labute approximate surface area is 254 Å². The van der Waals surface area contributed by atoms with Crippen molar-refractivity contribution >= 4 is 22.3 Å². The molecule has 1 saturated heterocycles. The number of aromatic nitrogens is 1. The fourth-order valence-electron chi connectivity index (χ4n) is 7.51. The van der Waals surface area contributed by atoms with Crippen LogP contribution < -0.4 is 0 Å². The molecular weight excluding hydrogens is 528 g/mol. The van der Waals surface area contributed by atoms with Gasteiger partial charge in [0, 0.05) is 54.8 Å². The molecule has 1 atom stereocenters. The van der Waals surface area contributed by atoms with Crippen LogP contribution in [0.3, 0.4) is 0 Å². The van der Waals surface area contributed by atoms with Crippen LogP contribution in [-0.4, -0.2) is 53.3 Å². The zero-order valence-electron chi connectivity index (χ0n) is 24.9. The van der Waals surface area contributed by atoms with E-state index >= 15 is 0 Å². The van der Waals surface area contributed by atoms with E-state index in [-0.39, 0.29) is 5.92 Å². The number of rotatable bonds is 8. The van der Waals surface area contributed by atoms with Gasteiger partial charge in [0.25, 0.3) is 0 Å². The molecule has 1 unspecified atom stereocenters. The van der Waals surface area contributed by atoms with Gasteiger partial charge in [0.15, 0.2) is 5.78 Å². The minimum absolute atomic E-state index is 0.153. The Morgan fingerprint density at radius 2 is 1.81 bits per heavy atom. The van der Waals surface area contributed by atoms with Crippen LogP contribution in [0.1, 0.15) is 63.9 Å². The minimum atomic E-state index is 0.153. The summed E-state index contributed by atoms with van der Waals surface area (Å²) >= 11 is 0. The summed E-state index contributed by atoms with van der Waals surface area (Å²) in [6.45, 7) is 6.28. The molecule has 0 saturated carbocycles. The smallest absolute Gasteiger partial charge is 0.166 e. The molecule has 5 heteroatoms. The van der Waals surface area contributed by atoms with Crippen LogP contribution in [0.2, 0.25) is 0 Å². The third kappa shape index (κ3) is 6.09. The van der Waals surface area contributed by atoms with Gasteiger partial charge in [-0.2, -0.15) is 5.26 Å². The maximum atomic E-state index is 13.3. The van der Waals surface area contributed by atoms with Crippen molar-refractivity contribution in [1.29, 1.82) is 5.26 Å². The van der Waals surface area contributed by atoms with E-state index in [1.807, 2.05) is 18.2 Å². The molecule has 0 spiro atoms. The Bertz CT molecular complexity index is 1690. The van der Waals surface area contributed by atoms with Crippen molar-refractivity contribution in [1.82, 2.24) is 14.8 Å². The molecule has 5 nitrogen and oxygen atoms in total. The van der Waals surface area contributed by atoms with E-state index < -0.39 is 0 Å². The molecule has 0 bridgehead atoms. The average Bonchev–Trinajstić information content (AvgIpc) is 3.60. The van der Waals surface area contributed by atoms with Gasteiger partial charge in [0.2, 0.25) is 0 Å². The van der Waals surface area contributed by atoms with Crippen LogP contribution in [-0.2, 0) is 19.4 Å². The maximum Gasteiger partial charge on any atom is 0.166 e. The number of likely N-dealkylation sites (tertiary alicyclic amines) is 1. The van der Waals surface area contributed by atoms with E-state index in [2.05, 4.69) is 81.7 Å². The molecule has 0 radical (unpaired) electrons. The average molecular weight is 569 g/mol. The van der Waals surface area contributed by atoms with E-state index in [0.29, 0.717) is 17.3 Å². The number of H-pyrrole nitrogens is 1. The lowest BCUT2D eigenvalue weighted by atomic mass is 9.85. The normalized spacial score (nSPS) is 19.8. The van der Waals surface area contributed by atoms with Crippen molar-refractivity contribution < 1.29 is 4.79 Å². The zero-order chi connectivity index (χ0) is 29.2. The van der Waals surface area contributed by atoms with Crippen molar-refractivity contribution in [2.45, 2.75) is 45.1 Å². The van der Waals surface area contributed by atoms with Crippen LogP contribution >= 0.6 is 0 Å². The van der Waals surface area contributed by atoms with Gasteiger partial charge in [-0.05, 0) is 104 Å². The van der Waals surface area contributed by atoms with Gasteiger partial charge in [-0.1, -0.05) is 54.6 Å². The molecule has 3 aliphatic rings. The summed E-state index contributed by atoms with van der Waals surface area (Å²) in [5.74, 6) is 1.18. The molecule has 2 aliphatic heterocycles. The second-order valence-corrected chi connectivity index (χ2v) is 12.8. The number of hydrogen-bond donors (Lipinski definition) is 1. The monoisotopic (exact) mass is 568 g/mol. The summed E-state index contributed by atoms with van der Waals surface area (Å²) in [5, 5.41) is 10.4. The summed E-state index contributed by atoms with van der Waals surface area (Å²) in [7, 11) is 0. The lowest BCUT2D eigenvalue weighted by molar-refractivity contribution is 0.0895. The van der Waals surface area contributed by atoms with E-state index in [1.165, 1.54) is 40.7 Å². The van der Waals surface area contributed by atoms with Crippen molar-refractivity contribution in [2.75, 3.05) is 32.7 Å². The fraction of sp³-hybridized carbons (Fsp3) is 0.368. The first-order valence-corrected chi connectivity index (χ1v) is 16.0. The van der Waals surface area contributed by atoms with Crippen LogP contribution in [0, 0.1) is 23.2 Å². The number of nitrogens with zero attached hydrogens (tertiary/aromatic N) is 3. The zero-order valence-corrected chi connectivity index (χ0v) is 24.9. The van der Waals surface area contributed by atoms with Crippen molar-refractivity contribution in [3.8, 4) is 6.07 Å². The van der Waals surface area contributed by atoms with Gasteiger partial charge >= 0.3 is 0 Å². The predicted molar refractivity (Wildman–Crippen MR) is 173 cm³/mol. The number of nitriles is 1. The quantitative estimate of drug-likeness (QED) is 0.248. The number of Topliss-reactive ketones (excluding diaryl/α,β-unsaturated/α-hetero) is 1. The molecule has 3 heterocycles. The highest BCUT2D eigenvalue weighted by atomic mass is 16.1. The molecule has 0 amide bonds. The SMILES string of the molecule is N#Cc1ccc2[nH]cc(CCN3CC=C(c4ccc5c(c4)CC(CC4CCN(Cc6ccccc6)CC4)C5=O)CC3)c2c1. The minimum Gasteiger partial charge on any atom is -0.361 e. The summed E-state index contributed by atoms with van der Waals surface area (Å²) in [6.07, 6.45) is 10.8. The first-order chi connectivity index (χ1) is 21.1. The molecule has 1 fully saturated rings. The largest absolute Gasteiger partial charge is 0.361 e. The lowest BCUT2D eigenvalue weighted by Crippen LogP contribution is -2.34. The number of hydrogen-bond acceptors (Lipinski definition) is 4. The molecule has 43 heavy (non-hydrogen) atoms. The number of aromatic amines is 1. The Hall–Kier alpha value is -3.98. The van der Waals surface area contributed by atoms with Crippen LogP contribution in [0.25, 0.3) is 16.5 Å². The number of carbonyl (C=O) groups excluding carboxylic acids is 1. The van der Waals surface area contributed by atoms with E-state index in [0.717, 1.165) is 81.4 Å². The number of nitrogens with one attached hydrogen (secondary N) is 1. The molecule has 3 aromatic carbocycles. The van der Waals surface area contributed by atoms with E-state index in [9.17, 15) is 10.1 Å². The molecule has 1 aliphatic carbocycles. The Morgan fingerprint density at radius 3 is 2.60 bits per heavy atom. The summed E-state index contributed by atoms with van der Waals surface area (Å²) in [4.78, 5) is 21.8. The van der Waals surface area contributed by atoms with Gasteiger partial charge in [-0.3, -0.25) is 14.6 Å². The summed E-state index contributed by atoms with van der Waals surface area (Å²) in [6, 6.07) is 25.5. The highest BCUT2D eigenvalue weighted by molar-refractivity contribution is 6.02. The standard InChI is InChI=1S/C38H40N4O/c39-24-29-6-9-37-36(21-29)32(25-40-37)14-19-41-17-12-30(13-18-41)31-7-8-35-33(22-31)23-34(38(35)43)20-27-10-15-42(16-11-27)26-28-4-2-1-3-5-28/h1-9,12,21-22,25,27,34,40H,10-11,13-20,23,26H2. The van der Waals surface area contributed by atoms with Crippen molar-refractivity contribution in [3.63, 3.8) is 0 Å². The second kappa shape index (κ2) is 12.3. The Balaban J connectivity index is 0.918. The molecular formula is C38H40N4O. The third-order valence-electron chi connectivity index (χ3n) is 10.0. The van der Waals surface area contributed by atoms with Crippen molar-refractivity contribution in [2.24, 2.45) is 11.8 Å². The number of carbonyl (C=O) groups is 1. The first kappa shape index (κ1) is 27.8. The van der Waals surface area contributed by atoms with Gasteiger partial charge in [0.1, 0.15) is 0 Å². The predicted octanol–water partition coefficient (Wildman–Crippen LogP) is 7.03. The number of benzene rings is 3. The summed E-state index contributed by atoms with van der Waals surface area (Å²) < 4.78 is 0. The molecule has 4 aromatic rings. The number of piperidine rings is 1. The number of fused-ring (bicyclic) bond motifs is 2. The molecule has 1 N–H and O–H groups in total. The Morgan fingerprint density at radius 1 is 0.953 bits per heavy atom. The molecule has 218 valence electrons. The van der Waals surface area contributed by atoms with Gasteiger partial charge in [-0.15, -0.1) is 0 Å². The highest BCUT2D eigenvalue weighted by Gasteiger charge is 2.33. The fourth-order valence-corrected chi connectivity index (χ4v) is 7.51. The third-order valence-corrected chi connectivity index (χ3v) is 10.0. The number of ketones is 1. The van der Waals surface area contributed by atoms with E-state index in [1.54, 1.807) is 0 Å². The summed E-state index contributed by atoms with van der Waals surface area (Å²) in [5.41, 5.74) is 9.39. The second-order valence-electron chi connectivity index (χ2n) is 12.8. The van der Waals surface area contributed by atoms with Crippen LogP contribution in [0.4, 0.5) is 0 Å². The molecule has 7 rings (SSSR count). The topological polar surface area (TPSA) is 63.1 Å². The van der Waals surface area contributed by atoms with Gasteiger partial charge in [-0.25, -0.2) is 0 Å². The Kier molecular flexibility index (Phi) is 7.98. The first-order valence-electron chi connectivity index (χ1n) is 16.0. The van der Waals surface area contributed by atoms with Gasteiger partial charge in [0.05, 0.1) is 11.6 Å². The van der Waals surface area contributed by atoms with Crippen LogP contribution in [0.15, 0.2) is 79.0 Å². The molecule has 1 aromatic heterocycles. The van der Waals surface area contributed by atoms with Crippen LogP contribution in [0.5, 0.6) is 0 Å². The highest BCUT2D eigenvalue weighted by Crippen LogP contribution is 2.36. The maximum absolute atomic E-state index is 13.3.